The van der Waals surface area contributed by atoms with E-state index in [9.17, 15) is 4.79 Å². The van der Waals surface area contributed by atoms with Gasteiger partial charge >= 0.3 is 5.91 Å². The third-order valence-corrected chi connectivity index (χ3v) is 4.35. The summed E-state index contributed by atoms with van der Waals surface area (Å²) in [4.78, 5) is 12.1. The summed E-state index contributed by atoms with van der Waals surface area (Å²) in [5.74, 6) is -0.150. The molecule has 128 valence electrons. The van der Waals surface area contributed by atoms with Crippen molar-refractivity contribution in [2.24, 2.45) is 5.10 Å². The van der Waals surface area contributed by atoms with E-state index in [0.29, 0.717) is 5.58 Å². The molecule has 3 aromatic rings. The number of benzene rings is 2. The van der Waals surface area contributed by atoms with E-state index in [-0.39, 0.29) is 17.1 Å². The molecule has 0 saturated carbocycles. The number of hydrazone groups is 1. The average Bonchev–Trinajstić information content (AvgIpc) is 2.97. The Morgan fingerprint density at radius 1 is 1.12 bits per heavy atom. The monoisotopic (exact) mass is 398 g/mol. The van der Waals surface area contributed by atoms with Crippen LogP contribution in [0.3, 0.4) is 0 Å². The van der Waals surface area contributed by atoms with E-state index in [0.717, 1.165) is 15.4 Å². The summed E-state index contributed by atoms with van der Waals surface area (Å²) >= 11 is 3.40. The first-order chi connectivity index (χ1) is 11.8. The SMILES string of the molecule is CC(C)(C)c1ccc(/C=N\NC(=O)c2cc3cc(Br)ccc3o2)cc1. The first kappa shape index (κ1) is 17.4. The van der Waals surface area contributed by atoms with Gasteiger partial charge in [-0.25, -0.2) is 5.43 Å². The van der Waals surface area contributed by atoms with Crippen molar-refractivity contribution in [1.29, 1.82) is 0 Å². The van der Waals surface area contributed by atoms with Crippen molar-refractivity contribution >= 4 is 39.0 Å². The number of nitrogens with one attached hydrogen (secondary N) is 1. The quantitative estimate of drug-likeness (QED) is 0.483. The van der Waals surface area contributed by atoms with Crippen molar-refractivity contribution in [3.63, 3.8) is 0 Å². The summed E-state index contributed by atoms with van der Waals surface area (Å²) < 4.78 is 6.47. The fourth-order valence-electron chi connectivity index (χ4n) is 2.42. The Morgan fingerprint density at radius 3 is 2.52 bits per heavy atom. The second-order valence-corrected chi connectivity index (χ2v) is 7.78. The highest BCUT2D eigenvalue weighted by Crippen LogP contribution is 2.23. The van der Waals surface area contributed by atoms with Crippen LogP contribution in [-0.4, -0.2) is 12.1 Å². The molecule has 5 heteroatoms. The number of fused-ring (bicyclic) bond motifs is 1. The van der Waals surface area contributed by atoms with Gasteiger partial charge in [0.25, 0.3) is 0 Å². The minimum atomic E-state index is -0.380. The number of nitrogens with zero attached hydrogens (tertiary/aromatic N) is 1. The Bertz CT molecular complexity index is 934. The molecule has 1 N–H and O–H groups in total. The number of carbonyl (C=O) groups is 1. The van der Waals surface area contributed by atoms with Crippen molar-refractivity contribution in [2.45, 2.75) is 26.2 Å². The molecule has 2 aromatic carbocycles. The third kappa shape index (κ3) is 4.17. The van der Waals surface area contributed by atoms with Crippen LogP contribution < -0.4 is 5.43 Å². The van der Waals surface area contributed by atoms with Crippen LogP contribution in [0.5, 0.6) is 0 Å². The molecule has 1 aromatic heterocycles. The van der Waals surface area contributed by atoms with Gasteiger partial charge in [-0.2, -0.15) is 5.10 Å². The molecule has 3 rings (SSSR count). The van der Waals surface area contributed by atoms with Crippen LogP contribution in [0.25, 0.3) is 11.0 Å². The largest absolute Gasteiger partial charge is 0.451 e. The summed E-state index contributed by atoms with van der Waals surface area (Å²) in [6.45, 7) is 6.51. The van der Waals surface area contributed by atoms with Gasteiger partial charge in [-0.05, 0) is 40.8 Å². The molecule has 0 spiro atoms. The highest BCUT2D eigenvalue weighted by atomic mass is 79.9. The molecule has 1 amide bonds. The summed E-state index contributed by atoms with van der Waals surface area (Å²) in [5.41, 5.74) is 5.44. The zero-order chi connectivity index (χ0) is 18.0. The topological polar surface area (TPSA) is 54.6 Å². The Kier molecular flexibility index (Phi) is 4.77. The van der Waals surface area contributed by atoms with Crippen LogP contribution in [0, 0.1) is 0 Å². The summed E-state index contributed by atoms with van der Waals surface area (Å²) in [6, 6.07) is 15.4. The van der Waals surface area contributed by atoms with Gasteiger partial charge in [-0.15, -0.1) is 0 Å². The number of amides is 1. The molecule has 0 aliphatic carbocycles. The lowest BCUT2D eigenvalue weighted by Crippen LogP contribution is -2.16. The summed E-state index contributed by atoms with van der Waals surface area (Å²) in [7, 11) is 0. The second kappa shape index (κ2) is 6.84. The van der Waals surface area contributed by atoms with Gasteiger partial charge in [0.2, 0.25) is 0 Å². The van der Waals surface area contributed by atoms with E-state index in [1.807, 2.05) is 30.3 Å². The molecular weight excluding hydrogens is 380 g/mol. The maximum atomic E-state index is 12.1. The maximum absolute atomic E-state index is 12.1. The molecule has 0 aliphatic rings. The highest BCUT2D eigenvalue weighted by Gasteiger charge is 2.13. The van der Waals surface area contributed by atoms with Crippen molar-refractivity contribution in [3.8, 4) is 0 Å². The minimum Gasteiger partial charge on any atom is -0.451 e. The first-order valence-corrected chi connectivity index (χ1v) is 8.75. The highest BCUT2D eigenvalue weighted by molar-refractivity contribution is 9.10. The van der Waals surface area contributed by atoms with Gasteiger partial charge in [0.1, 0.15) is 5.58 Å². The lowest BCUT2D eigenvalue weighted by Gasteiger charge is -2.18. The van der Waals surface area contributed by atoms with Gasteiger partial charge in [-0.3, -0.25) is 4.79 Å². The number of halogens is 1. The summed E-state index contributed by atoms with van der Waals surface area (Å²) in [5, 5.41) is 4.87. The Morgan fingerprint density at radius 2 is 1.84 bits per heavy atom. The molecule has 0 fully saturated rings. The van der Waals surface area contributed by atoms with Crippen molar-refractivity contribution in [1.82, 2.24) is 5.43 Å². The predicted octanol–water partition coefficient (Wildman–Crippen LogP) is 5.26. The van der Waals surface area contributed by atoms with Crippen LogP contribution in [0.1, 0.15) is 42.5 Å². The van der Waals surface area contributed by atoms with Gasteiger partial charge < -0.3 is 4.42 Å². The van der Waals surface area contributed by atoms with Gasteiger partial charge in [-0.1, -0.05) is 61.0 Å². The van der Waals surface area contributed by atoms with Gasteiger partial charge in [0, 0.05) is 9.86 Å². The predicted molar refractivity (Wildman–Crippen MR) is 104 cm³/mol. The molecular formula is C20H19BrN2O2. The number of furan rings is 1. The smallest absolute Gasteiger partial charge is 0.307 e. The van der Waals surface area contributed by atoms with Gasteiger partial charge in [0.15, 0.2) is 5.76 Å². The third-order valence-electron chi connectivity index (χ3n) is 3.86. The number of rotatable bonds is 3. The lowest BCUT2D eigenvalue weighted by atomic mass is 9.87. The Labute approximate surface area is 155 Å². The molecule has 0 unspecified atom stereocenters. The van der Waals surface area contributed by atoms with Crippen molar-refractivity contribution < 1.29 is 9.21 Å². The number of hydrogen-bond acceptors (Lipinski definition) is 3. The lowest BCUT2D eigenvalue weighted by molar-refractivity contribution is 0.0929. The average molecular weight is 399 g/mol. The van der Waals surface area contributed by atoms with Gasteiger partial charge in [0.05, 0.1) is 6.21 Å². The van der Waals surface area contributed by atoms with Crippen LogP contribution in [0.15, 0.2) is 62.5 Å². The van der Waals surface area contributed by atoms with E-state index in [1.54, 1.807) is 12.3 Å². The first-order valence-electron chi connectivity index (χ1n) is 7.96. The van der Waals surface area contributed by atoms with Crippen LogP contribution in [-0.2, 0) is 5.41 Å². The Hall–Kier alpha value is -2.40. The molecule has 0 saturated heterocycles. The van der Waals surface area contributed by atoms with E-state index < -0.39 is 0 Å². The normalized spacial score (nSPS) is 12.0. The zero-order valence-electron chi connectivity index (χ0n) is 14.3. The van der Waals surface area contributed by atoms with Crippen molar-refractivity contribution in [2.75, 3.05) is 0 Å². The fourth-order valence-corrected chi connectivity index (χ4v) is 2.79. The molecule has 0 atom stereocenters. The number of hydrogen-bond donors (Lipinski definition) is 1. The van der Waals surface area contributed by atoms with Crippen LogP contribution in [0.4, 0.5) is 0 Å². The fraction of sp³-hybridized carbons (Fsp3) is 0.200. The van der Waals surface area contributed by atoms with Crippen molar-refractivity contribution in [3.05, 3.63) is 69.9 Å². The van der Waals surface area contributed by atoms with Crippen LogP contribution in [0.2, 0.25) is 0 Å². The number of carbonyl (C=O) groups excluding carboxylic acids is 1. The Balaban J connectivity index is 1.67. The minimum absolute atomic E-state index is 0.111. The molecule has 4 nitrogen and oxygen atoms in total. The van der Waals surface area contributed by atoms with E-state index in [4.69, 9.17) is 4.42 Å². The molecule has 0 aliphatic heterocycles. The molecule has 0 bridgehead atoms. The second-order valence-electron chi connectivity index (χ2n) is 6.86. The maximum Gasteiger partial charge on any atom is 0.307 e. The zero-order valence-corrected chi connectivity index (χ0v) is 15.9. The molecule has 25 heavy (non-hydrogen) atoms. The molecule has 0 radical (unpaired) electrons. The molecule has 1 heterocycles. The van der Waals surface area contributed by atoms with E-state index in [1.165, 1.54) is 5.56 Å². The van der Waals surface area contributed by atoms with E-state index >= 15 is 0 Å². The van der Waals surface area contributed by atoms with E-state index in [2.05, 4.69) is 59.4 Å². The summed E-state index contributed by atoms with van der Waals surface area (Å²) in [6.07, 6.45) is 1.61. The standard InChI is InChI=1S/C20H19BrN2O2/c1-20(2,3)15-6-4-13(5-7-15)12-22-23-19(24)18-11-14-10-16(21)8-9-17(14)25-18/h4-12H,1-3H3,(H,23,24)/b22-12-. The van der Waals surface area contributed by atoms with Crippen LogP contribution >= 0.6 is 15.9 Å².